The number of hydrogen-bond acceptors (Lipinski definition) is 5. The van der Waals surface area contributed by atoms with Gasteiger partial charge in [-0.1, -0.05) is 6.92 Å². The van der Waals surface area contributed by atoms with Gasteiger partial charge in [-0.05, 0) is 26.5 Å². The first-order chi connectivity index (χ1) is 8.69. The van der Waals surface area contributed by atoms with Gasteiger partial charge in [0.1, 0.15) is 5.82 Å². The van der Waals surface area contributed by atoms with Gasteiger partial charge in [-0.15, -0.1) is 11.3 Å². The largest absolute Gasteiger partial charge is 0.309 e. The molecule has 0 aromatic carbocycles. The predicted octanol–water partition coefficient (Wildman–Crippen LogP) is 2.44. The van der Waals surface area contributed by atoms with Crippen molar-refractivity contribution < 1.29 is 0 Å². The van der Waals surface area contributed by atoms with Crippen LogP contribution in [0.3, 0.4) is 0 Å². The number of hydrogen-bond donors (Lipinski definition) is 1. The highest BCUT2D eigenvalue weighted by Gasteiger charge is 2.14. The van der Waals surface area contributed by atoms with Crippen molar-refractivity contribution in [2.45, 2.75) is 33.2 Å². The Hall–Kier alpha value is -1.33. The smallest absolute Gasteiger partial charge is 0.125 e. The van der Waals surface area contributed by atoms with E-state index in [2.05, 4.69) is 32.6 Å². The predicted molar refractivity (Wildman–Crippen MR) is 73.7 cm³/mol. The Bertz CT molecular complexity index is 509. The van der Waals surface area contributed by atoms with Gasteiger partial charge in [0.15, 0.2) is 0 Å². The topological polar surface area (TPSA) is 50.7 Å². The lowest BCUT2D eigenvalue weighted by Crippen LogP contribution is -2.24. The Morgan fingerprint density at radius 1 is 1.33 bits per heavy atom. The minimum absolute atomic E-state index is 0.207. The SMILES string of the molecule is CCNC(Cc1csc(C)n1)c1ccnc(C)n1. The van der Waals surface area contributed by atoms with Crippen LogP contribution in [-0.2, 0) is 6.42 Å². The quantitative estimate of drug-likeness (QED) is 0.899. The zero-order valence-electron chi connectivity index (χ0n) is 11.0. The normalized spacial score (nSPS) is 12.6. The highest BCUT2D eigenvalue weighted by molar-refractivity contribution is 7.09. The summed E-state index contributed by atoms with van der Waals surface area (Å²) >= 11 is 1.69. The standard InChI is InChI=1S/C13H18N4S/c1-4-14-13(7-11-8-18-10(3)17-11)12-5-6-15-9(2)16-12/h5-6,8,13-14H,4,7H2,1-3H3. The van der Waals surface area contributed by atoms with Crippen molar-refractivity contribution in [1.29, 1.82) is 0 Å². The fraction of sp³-hybridized carbons (Fsp3) is 0.462. The molecule has 18 heavy (non-hydrogen) atoms. The van der Waals surface area contributed by atoms with Crippen LogP contribution in [0.25, 0.3) is 0 Å². The molecule has 5 heteroatoms. The van der Waals surface area contributed by atoms with Crippen LogP contribution in [-0.4, -0.2) is 21.5 Å². The van der Waals surface area contributed by atoms with Gasteiger partial charge in [-0.3, -0.25) is 0 Å². The van der Waals surface area contributed by atoms with E-state index in [-0.39, 0.29) is 6.04 Å². The minimum Gasteiger partial charge on any atom is -0.309 e. The van der Waals surface area contributed by atoms with E-state index in [0.717, 1.165) is 35.2 Å². The van der Waals surface area contributed by atoms with Crippen molar-refractivity contribution in [3.8, 4) is 0 Å². The van der Waals surface area contributed by atoms with Crippen LogP contribution in [0.2, 0.25) is 0 Å². The molecule has 0 radical (unpaired) electrons. The molecule has 0 aliphatic carbocycles. The highest BCUT2D eigenvalue weighted by atomic mass is 32.1. The summed E-state index contributed by atoms with van der Waals surface area (Å²) in [5, 5.41) is 6.69. The number of thiazole rings is 1. The second kappa shape index (κ2) is 6.02. The Labute approximate surface area is 112 Å². The monoisotopic (exact) mass is 262 g/mol. The molecule has 1 atom stereocenters. The van der Waals surface area contributed by atoms with E-state index in [1.807, 2.05) is 26.1 Å². The summed E-state index contributed by atoms with van der Waals surface area (Å²) in [5.74, 6) is 0.810. The van der Waals surface area contributed by atoms with Crippen LogP contribution < -0.4 is 5.32 Å². The Kier molecular flexibility index (Phi) is 4.38. The average molecular weight is 262 g/mol. The molecule has 0 saturated carbocycles. The van der Waals surface area contributed by atoms with Crippen molar-refractivity contribution in [3.05, 3.63) is 39.9 Å². The van der Waals surface area contributed by atoms with Gasteiger partial charge in [0.2, 0.25) is 0 Å². The molecular weight excluding hydrogens is 244 g/mol. The van der Waals surface area contributed by atoms with Gasteiger partial charge < -0.3 is 5.32 Å². The number of nitrogens with one attached hydrogen (secondary N) is 1. The third-order valence-corrected chi connectivity index (χ3v) is 3.51. The first-order valence-electron chi connectivity index (χ1n) is 6.13. The van der Waals surface area contributed by atoms with E-state index in [1.165, 1.54) is 0 Å². The summed E-state index contributed by atoms with van der Waals surface area (Å²) in [7, 11) is 0. The molecular formula is C13H18N4S. The van der Waals surface area contributed by atoms with E-state index < -0.39 is 0 Å². The molecule has 2 aromatic heterocycles. The molecule has 2 heterocycles. The van der Waals surface area contributed by atoms with E-state index in [0.29, 0.717) is 0 Å². The van der Waals surface area contributed by atoms with Crippen LogP contribution in [0.5, 0.6) is 0 Å². The first-order valence-corrected chi connectivity index (χ1v) is 7.01. The Morgan fingerprint density at radius 2 is 2.17 bits per heavy atom. The lowest BCUT2D eigenvalue weighted by atomic mass is 10.1. The third-order valence-electron chi connectivity index (χ3n) is 2.68. The summed E-state index contributed by atoms with van der Waals surface area (Å²) < 4.78 is 0. The van der Waals surface area contributed by atoms with Crippen LogP contribution in [0.4, 0.5) is 0 Å². The van der Waals surface area contributed by atoms with Gasteiger partial charge in [0.25, 0.3) is 0 Å². The molecule has 1 unspecified atom stereocenters. The lowest BCUT2D eigenvalue weighted by Gasteiger charge is -2.16. The molecule has 0 aliphatic heterocycles. The number of nitrogens with zero attached hydrogens (tertiary/aromatic N) is 3. The van der Waals surface area contributed by atoms with E-state index in [4.69, 9.17) is 0 Å². The summed E-state index contributed by atoms with van der Waals surface area (Å²) in [4.78, 5) is 13.2. The molecule has 1 N–H and O–H groups in total. The van der Waals surface area contributed by atoms with E-state index in [9.17, 15) is 0 Å². The minimum atomic E-state index is 0.207. The molecule has 2 aromatic rings. The number of likely N-dealkylation sites (N-methyl/N-ethyl adjacent to an activating group) is 1. The molecule has 0 spiro atoms. The summed E-state index contributed by atoms with van der Waals surface area (Å²) in [5.41, 5.74) is 2.16. The molecule has 0 aliphatic rings. The number of rotatable bonds is 5. The van der Waals surface area contributed by atoms with Gasteiger partial charge in [-0.25, -0.2) is 15.0 Å². The van der Waals surface area contributed by atoms with Crippen molar-refractivity contribution >= 4 is 11.3 Å². The van der Waals surface area contributed by atoms with Crippen molar-refractivity contribution in [2.24, 2.45) is 0 Å². The van der Waals surface area contributed by atoms with Crippen LogP contribution in [0.15, 0.2) is 17.6 Å². The zero-order chi connectivity index (χ0) is 13.0. The molecule has 4 nitrogen and oxygen atoms in total. The number of aryl methyl sites for hydroxylation is 2. The second-order valence-corrected chi connectivity index (χ2v) is 5.26. The van der Waals surface area contributed by atoms with Crippen molar-refractivity contribution in [1.82, 2.24) is 20.3 Å². The van der Waals surface area contributed by atoms with Gasteiger partial charge >= 0.3 is 0 Å². The highest BCUT2D eigenvalue weighted by Crippen LogP contribution is 2.18. The summed E-state index contributed by atoms with van der Waals surface area (Å²) in [6.07, 6.45) is 2.68. The first kappa shape index (κ1) is 13.1. The summed E-state index contributed by atoms with van der Waals surface area (Å²) in [6, 6.07) is 2.18. The lowest BCUT2D eigenvalue weighted by molar-refractivity contribution is 0.529. The van der Waals surface area contributed by atoms with Gasteiger partial charge in [-0.2, -0.15) is 0 Å². The molecule has 0 saturated heterocycles. The fourth-order valence-electron chi connectivity index (χ4n) is 1.91. The third kappa shape index (κ3) is 3.34. The van der Waals surface area contributed by atoms with Crippen molar-refractivity contribution in [2.75, 3.05) is 6.54 Å². The van der Waals surface area contributed by atoms with Crippen LogP contribution in [0, 0.1) is 13.8 Å². The van der Waals surface area contributed by atoms with Gasteiger partial charge in [0.05, 0.1) is 22.4 Å². The number of aromatic nitrogens is 3. The maximum atomic E-state index is 4.52. The van der Waals surface area contributed by atoms with Crippen LogP contribution in [0.1, 0.15) is 35.2 Å². The Morgan fingerprint density at radius 3 is 2.78 bits per heavy atom. The molecule has 96 valence electrons. The van der Waals surface area contributed by atoms with Crippen molar-refractivity contribution in [3.63, 3.8) is 0 Å². The molecule has 2 rings (SSSR count). The Balaban J connectivity index is 2.17. The average Bonchev–Trinajstić information content (AvgIpc) is 2.74. The van der Waals surface area contributed by atoms with E-state index in [1.54, 1.807) is 11.3 Å². The zero-order valence-corrected chi connectivity index (χ0v) is 11.8. The molecule has 0 amide bonds. The van der Waals surface area contributed by atoms with E-state index >= 15 is 0 Å². The molecule has 0 bridgehead atoms. The maximum Gasteiger partial charge on any atom is 0.125 e. The second-order valence-electron chi connectivity index (χ2n) is 4.20. The maximum absolute atomic E-state index is 4.52. The van der Waals surface area contributed by atoms with Gasteiger partial charge in [0, 0.05) is 18.0 Å². The fourth-order valence-corrected chi connectivity index (χ4v) is 2.53. The molecule has 0 fully saturated rings. The van der Waals surface area contributed by atoms with Crippen LogP contribution >= 0.6 is 11.3 Å². The summed E-state index contributed by atoms with van der Waals surface area (Å²) in [6.45, 7) is 6.97.